The van der Waals surface area contributed by atoms with E-state index in [-0.39, 0.29) is 0 Å². The van der Waals surface area contributed by atoms with E-state index in [1.807, 2.05) is 0 Å². The van der Waals surface area contributed by atoms with Gasteiger partial charge in [0.2, 0.25) is 30.3 Å². The fraction of sp³-hybridized carbons (Fsp3) is 0.0909. The molecule has 0 aliphatic heterocycles. The lowest BCUT2D eigenvalue weighted by atomic mass is 10.6. The molecule has 0 bridgehead atoms. The second-order valence-corrected chi connectivity index (χ2v) is 3.78. The Bertz CT molecular complexity index is 619. The molecule has 0 saturated carbocycles. The van der Waals surface area contributed by atoms with Crippen molar-refractivity contribution >= 4 is 12.3 Å². The second kappa shape index (κ2) is 6.38. The number of carbonyl (C=O) groups excluding carboxylic acids is 2. The topological polar surface area (TPSA) is 162 Å². The van der Waals surface area contributed by atoms with Gasteiger partial charge >= 0.3 is 12.3 Å². The van der Waals surface area contributed by atoms with E-state index in [2.05, 4.69) is 19.1 Å². The molecule has 4 N–H and O–H groups in total. The summed E-state index contributed by atoms with van der Waals surface area (Å²) < 4.78 is 9.34. The van der Waals surface area contributed by atoms with Gasteiger partial charge in [-0.15, -0.1) is 9.46 Å². The van der Waals surface area contributed by atoms with Crippen molar-refractivity contribution in [2.75, 3.05) is 6.79 Å². The summed E-state index contributed by atoms with van der Waals surface area (Å²) in [5.74, 6) is -2.28. The SMILES string of the molecule is O=C(OCOC(=O)On1c(O)ccc1O)On1c(O)ccc1O. The Morgan fingerprint density at radius 2 is 1.04 bits per heavy atom. The molecule has 0 unspecified atom stereocenters. The molecule has 0 aliphatic rings. The van der Waals surface area contributed by atoms with Gasteiger partial charge in [-0.2, -0.15) is 0 Å². The van der Waals surface area contributed by atoms with Crippen molar-refractivity contribution in [1.82, 2.24) is 9.46 Å². The quantitative estimate of drug-likeness (QED) is 0.440. The van der Waals surface area contributed by atoms with E-state index in [4.69, 9.17) is 0 Å². The molecule has 23 heavy (non-hydrogen) atoms. The number of hydrogen-bond donors (Lipinski definition) is 4. The van der Waals surface area contributed by atoms with Crippen molar-refractivity contribution in [3.05, 3.63) is 24.3 Å². The van der Waals surface area contributed by atoms with Crippen LogP contribution >= 0.6 is 0 Å². The van der Waals surface area contributed by atoms with Gasteiger partial charge in [-0.3, -0.25) is 9.68 Å². The third-order valence-corrected chi connectivity index (χ3v) is 2.28. The monoisotopic (exact) mass is 330 g/mol. The van der Waals surface area contributed by atoms with Crippen molar-refractivity contribution in [2.24, 2.45) is 0 Å². The molecule has 0 aliphatic carbocycles. The fourth-order valence-electron chi connectivity index (χ4n) is 1.32. The fourth-order valence-corrected chi connectivity index (χ4v) is 1.32. The largest absolute Gasteiger partial charge is 0.536 e. The predicted molar refractivity (Wildman–Crippen MR) is 66.5 cm³/mol. The maximum atomic E-state index is 11.2. The van der Waals surface area contributed by atoms with E-state index in [1.165, 1.54) is 0 Å². The first-order chi connectivity index (χ1) is 10.9. The lowest BCUT2D eigenvalue weighted by molar-refractivity contribution is -0.0468. The van der Waals surface area contributed by atoms with Crippen LogP contribution in [-0.2, 0) is 9.47 Å². The van der Waals surface area contributed by atoms with Crippen LogP contribution in [0.1, 0.15) is 0 Å². The Balaban J connectivity index is 1.76. The van der Waals surface area contributed by atoms with Crippen LogP contribution in [0, 0.1) is 0 Å². The summed E-state index contributed by atoms with van der Waals surface area (Å²) >= 11 is 0. The highest BCUT2D eigenvalue weighted by Gasteiger charge is 2.16. The van der Waals surface area contributed by atoms with Gasteiger partial charge < -0.3 is 29.9 Å². The maximum absolute atomic E-state index is 11.2. The zero-order chi connectivity index (χ0) is 17.0. The Labute approximate surface area is 126 Å². The van der Waals surface area contributed by atoms with E-state index in [1.54, 1.807) is 0 Å². The van der Waals surface area contributed by atoms with Gasteiger partial charge in [0.05, 0.1) is 0 Å². The molecule has 124 valence electrons. The zero-order valence-corrected chi connectivity index (χ0v) is 11.1. The number of rotatable bonds is 4. The molecule has 12 nitrogen and oxygen atoms in total. The van der Waals surface area contributed by atoms with Gasteiger partial charge in [-0.1, -0.05) is 0 Å². The third-order valence-electron chi connectivity index (χ3n) is 2.28. The lowest BCUT2D eigenvalue weighted by Crippen LogP contribution is -2.25. The molecule has 0 atom stereocenters. The maximum Gasteiger partial charge on any atom is 0.536 e. The average Bonchev–Trinajstić information content (AvgIpc) is 2.97. The number of aromatic hydroxyl groups is 4. The van der Waals surface area contributed by atoms with E-state index >= 15 is 0 Å². The molecule has 2 aromatic rings. The summed E-state index contributed by atoms with van der Waals surface area (Å²) in [6.07, 6.45) is -2.82. The Kier molecular flexibility index (Phi) is 4.35. The minimum absolute atomic E-state index is 0.358. The minimum atomic E-state index is -1.41. The summed E-state index contributed by atoms with van der Waals surface area (Å²) in [4.78, 5) is 31.2. The van der Waals surface area contributed by atoms with E-state index in [0.717, 1.165) is 24.3 Å². The highest BCUT2D eigenvalue weighted by molar-refractivity contribution is 5.62. The van der Waals surface area contributed by atoms with Crippen molar-refractivity contribution < 1.29 is 49.2 Å². The first-order valence-corrected chi connectivity index (χ1v) is 5.78. The van der Waals surface area contributed by atoms with E-state index < -0.39 is 42.6 Å². The zero-order valence-electron chi connectivity index (χ0n) is 11.1. The van der Waals surface area contributed by atoms with Gasteiger partial charge in [0.15, 0.2) is 0 Å². The summed E-state index contributed by atoms with van der Waals surface area (Å²) in [5, 5.41) is 36.8. The Hall–Kier alpha value is -3.70. The van der Waals surface area contributed by atoms with Crippen molar-refractivity contribution in [3.63, 3.8) is 0 Å². The summed E-state index contributed by atoms with van der Waals surface area (Å²) in [7, 11) is 0. The predicted octanol–water partition coefficient (Wildman–Crippen LogP) is -0.0999. The number of carbonyl (C=O) groups is 2. The molecule has 0 spiro atoms. The van der Waals surface area contributed by atoms with Gasteiger partial charge in [-0.05, 0) is 0 Å². The molecule has 12 heteroatoms. The van der Waals surface area contributed by atoms with Gasteiger partial charge in [-0.25, -0.2) is 9.59 Å². The average molecular weight is 330 g/mol. The van der Waals surface area contributed by atoms with Crippen molar-refractivity contribution in [2.45, 2.75) is 0 Å². The number of aromatic nitrogens is 2. The molecular weight excluding hydrogens is 320 g/mol. The van der Waals surface area contributed by atoms with Crippen LogP contribution in [0.15, 0.2) is 24.3 Å². The van der Waals surface area contributed by atoms with E-state index in [0.29, 0.717) is 9.46 Å². The Morgan fingerprint density at radius 3 is 1.35 bits per heavy atom. The van der Waals surface area contributed by atoms with Crippen LogP contribution in [0.3, 0.4) is 0 Å². The van der Waals surface area contributed by atoms with Gasteiger partial charge in [0.25, 0.3) is 0 Å². The molecule has 2 aromatic heterocycles. The van der Waals surface area contributed by atoms with E-state index in [9.17, 15) is 30.0 Å². The third kappa shape index (κ3) is 3.69. The molecule has 2 rings (SSSR count). The van der Waals surface area contributed by atoms with Crippen molar-refractivity contribution in [1.29, 1.82) is 0 Å². The van der Waals surface area contributed by atoms with Crippen molar-refractivity contribution in [3.8, 4) is 23.5 Å². The van der Waals surface area contributed by atoms with Gasteiger partial charge in [0, 0.05) is 24.3 Å². The van der Waals surface area contributed by atoms with Crippen LogP contribution in [0.25, 0.3) is 0 Å². The first kappa shape index (κ1) is 15.7. The Morgan fingerprint density at radius 1 is 0.739 bits per heavy atom. The number of ether oxygens (including phenoxy) is 2. The molecular formula is C11H10N2O10. The molecule has 2 heterocycles. The van der Waals surface area contributed by atoms with Crippen LogP contribution in [0.5, 0.6) is 23.5 Å². The minimum Gasteiger partial charge on any atom is -0.492 e. The molecule has 0 radical (unpaired) electrons. The first-order valence-electron chi connectivity index (χ1n) is 5.78. The summed E-state index contributed by atoms with van der Waals surface area (Å²) in [6.45, 7) is -0.941. The van der Waals surface area contributed by atoms with Crippen LogP contribution in [0.4, 0.5) is 9.59 Å². The molecule has 0 saturated heterocycles. The highest BCUT2D eigenvalue weighted by atomic mass is 16.9. The standard InChI is InChI=1S/C11H10N2O10/c14-6-1-2-7(15)12(6)22-10(18)20-5-21-11(19)23-13-8(16)3-4-9(13)17/h1-4,14-17H,5H2. The molecule has 0 fully saturated rings. The smallest absolute Gasteiger partial charge is 0.492 e. The van der Waals surface area contributed by atoms with Crippen LogP contribution in [-0.4, -0.2) is 49.0 Å². The van der Waals surface area contributed by atoms with Crippen LogP contribution < -0.4 is 9.68 Å². The normalized spacial score (nSPS) is 10.1. The number of hydrogen-bond acceptors (Lipinski definition) is 10. The molecule has 0 amide bonds. The molecule has 0 aromatic carbocycles. The number of nitrogens with zero attached hydrogens (tertiary/aromatic N) is 2. The van der Waals surface area contributed by atoms with Gasteiger partial charge in [0.1, 0.15) is 0 Å². The lowest BCUT2D eigenvalue weighted by Gasteiger charge is -2.09. The summed E-state index contributed by atoms with van der Waals surface area (Å²) in [6, 6.07) is 4.19. The summed E-state index contributed by atoms with van der Waals surface area (Å²) in [5.41, 5.74) is 0. The van der Waals surface area contributed by atoms with Crippen LogP contribution in [0.2, 0.25) is 0 Å². The second-order valence-electron chi connectivity index (χ2n) is 3.78. The highest BCUT2D eigenvalue weighted by Crippen LogP contribution is 2.19.